The van der Waals surface area contributed by atoms with Crippen molar-refractivity contribution in [2.45, 2.75) is 12.6 Å². The van der Waals surface area contributed by atoms with E-state index in [-0.39, 0.29) is 18.7 Å². The first-order valence-electron chi connectivity index (χ1n) is 7.51. The van der Waals surface area contributed by atoms with Gasteiger partial charge in [0.2, 0.25) is 0 Å². The van der Waals surface area contributed by atoms with E-state index in [4.69, 9.17) is 9.84 Å². The van der Waals surface area contributed by atoms with E-state index in [1.165, 1.54) is 36.4 Å². The first-order chi connectivity index (χ1) is 12.3. The Balaban J connectivity index is 1.86. The third-order valence-electron chi connectivity index (χ3n) is 3.24. The molecule has 0 bridgehead atoms. The van der Waals surface area contributed by atoms with E-state index in [1.807, 2.05) is 0 Å². The highest BCUT2D eigenvalue weighted by Crippen LogP contribution is 2.27. The summed E-state index contributed by atoms with van der Waals surface area (Å²) in [5.74, 6) is -1.23. The van der Waals surface area contributed by atoms with Crippen molar-refractivity contribution in [3.63, 3.8) is 0 Å². The van der Waals surface area contributed by atoms with Crippen molar-refractivity contribution in [3.8, 4) is 5.75 Å². The topological polar surface area (TPSA) is 88.5 Å². The number of carbonyl (C=O) groups is 2. The van der Waals surface area contributed by atoms with Crippen LogP contribution < -0.4 is 10.1 Å². The first kappa shape index (κ1) is 19.2. The summed E-state index contributed by atoms with van der Waals surface area (Å²) in [6.07, 6.45) is -4.36. The second-order valence-corrected chi connectivity index (χ2v) is 5.22. The van der Waals surface area contributed by atoms with Crippen LogP contribution in [0.1, 0.15) is 21.7 Å². The smallest absolute Gasteiger partial charge is 0.433 e. The molecule has 0 fully saturated rings. The SMILES string of the molecule is O=C(O)COc1ccc(C(=O)NCCc2cccc(C(F)(F)F)n2)cc1. The van der Waals surface area contributed by atoms with Crippen LogP contribution in [-0.2, 0) is 17.4 Å². The van der Waals surface area contributed by atoms with Crippen molar-refractivity contribution >= 4 is 11.9 Å². The Kier molecular flexibility index (Phi) is 6.16. The molecule has 2 N–H and O–H groups in total. The van der Waals surface area contributed by atoms with E-state index in [2.05, 4.69) is 10.3 Å². The Morgan fingerprint density at radius 1 is 1.12 bits per heavy atom. The molecule has 0 saturated heterocycles. The molecule has 6 nitrogen and oxygen atoms in total. The predicted molar refractivity (Wildman–Crippen MR) is 84.8 cm³/mol. The fraction of sp³-hybridized carbons (Fsp3) is 0.235. The molecule has 138 valence electrons. The van der Waals surface area contributed by atoms with Crippen LogP contribution in [0, 0.1) is 0 Å². The minimum absolute atomic E-state index is 0.115. The van der Waals surface area contributed by atoms with Gasteiger partial charge in [0.05, 0.1) is 0 Å². The number of alkyl halides is 3. The third-order valence-corrected chi connectivity index (χ3v) is 3.24. The van der Waals surface area contributed by atoms with Gasteiger partial charge in [-0.05, 0) is 36.4 Å². The van der Waals surface area contributed by atoms with Gasteiger partial charge in [-0.2, -0.15) is 13.2 Å². The Morgan fingerprint density at radius 2 is 1.81 bits per heavy atom. The summed E-state index contributed by atoms with van der Waals surface area (Å²) in [5, 5.41) is 11.1. The molecule has 0 unspecified atom stereocenters. The van der Waals surface area contributed by atoms with E-state index in [0.717, 1.165) is 6.07 Å². The highest BCUT2D eigenvalue weighted by molar-refractivity contribution is 5.94. The molecule has 1 aromatic carbocycles. The lowest BCUT2D eigenvalue weighted by atomic mass is 10.2. The maximum atomic E-state index is 12.6. The normalized spacial score (nSPS) is 11.0. The zero-order valence-electron chi connectivity index (χ0n) is 13.4. The Bertz CT molecular complexity index is 776. The van der Waals surface area contributed by atoms with E-state index in [1.54, 1.807) is 0 Å². The molecule has 1 amide bonds. The number of hydrogen-bond donors (Lipinski definition) is 2. The number of pyridine rings is 1. The molecule has 0 aliphatic carbocycles. The number of carboxylic acid groups (broad SMARTS) is 1. The van der Waals surface area contributed by atoms with Crippen LogP contribution in [0.15, 0.2) is 42.5 Å². The summed E-state index contributed by atoms with van der Waals surface area (Å²) in [5.41, 5.74) is -0.444. The largest absolute Gasteiger partial charge is 0.482 e. The molecule has 1 aromatic heterocycles. The standard InChI is InChI=1S/C17H15F3N2O4/c18-17(19,20)14-3-1-2-12(22-14)8-9-21-16(25)11-4-6-13(7-5-11)26-10-15(23)24/h1-7H,8-10H2,(H,21,25)(H,23,24). The number of nitrogens with one attached hydrogen (secondary N) is 1. The van der Waals surface area contributed by atoms with Crippen molar-refractivity contribution < 1.29 is 32.6 Å². The van der Waals surface area contributed by atoms with Gasteiger partial charge in [-0.1, -0.05) is 6.07 Å². The number of aromatic nitrogens is 1. The molecule has 0 aliphatic heterocycles. The van der Waals surface area contributed by atoms with Gasteiger partial charge < -0.3 is 15.2 Å². The number of carbonyl (C=O) groups excluding carboxylic acids is 1. The van der Waals surface area contributed by atoms with Crippen molar-refractivity contribution in [1.82, 2.24) is 10.3 Å². The Hall–Kier alpha value is -3.10. The molecule has 9 heteroatoms. The quantitative estimate of drug-likeness (QED) is 0.784. The average Bonchev–Trinajstić information content (AvgIpc) is 2.60. The number of hydrogen-bond acceptors (Lipinski definition) is 4. The van der Waals surface area contributed by atoms with Crippen LogP contribution in [0.25, 0.3) is 0 Å². The van der Waals surface area contributed by atoms with E-state index in [9.17, 15) is 22.8 Å². The molecule has 2 aromatic rings. The van der Waals surface area contributed by atoms with Crippen LogP contribution in [0.3, 0.4) is 0 Å². The third kappa shape index (κ3) is 5.76. The molecule has 0 atom stereocenters. The fourth-order valence-corrected chi connectivity index (χ4v) is 2.03. The molecule has 2 rings (SSSR count). The van der Waals surface area contributed by atoms with Gasteiger partial charge in [0, 0.05) is 24.2 Å². The summed E-state index contributed by atoms with van der Waals surface area (Å²) in [4.78, 5) is 25.9. The van der Waals surface area contributed by atoms with E-state index >= 15 is 0 Å². The molecule has 0 spiro atoms. The van der Waals surface area contributed by atoms with Crippen molar-refractivity contribution in [2.24, 2.45) is 0 Å². The maximum Gasteiger partial charge on any atom is 0.433 e. The fourth-order valence-electron chi connectivity index (χ4n) is 2.03. The number of nitrogens with zero attached hydrogens (tertiary/aromatic N) is 1. The number of aliphatic carboxylic acids is 1. The molecule has 1 heterocycles. The molecule has 26 heavy (non-hydrogen) atoms. The van der Waals surface area contributed by atoms with Gasteiger partial charge in [0.15, 0.2) is 6.61 Å². The number of halogens is 3. The summed E-state index contributed by atoms with van der Waals surface area (Å²) in [6.45, 7) is -0.375. The van der Waals surface area contributed by atoms with Crippen LogP contribution in [0.4, 0.5) is 13.2 Å². The second kappa shape index (κ2) is 8.32. The lowest BCUT2D eigenvalue weighted by Crippen LogP contribution is -2.26. The van der Waals surface area contributed by atoms with Crippen molar-refractivity contribution in [1.29, 1.82) is 0 Å². The van der Waals surface area contributed by atoms with Crippen LogP contribution in [0.2, 0.25) is 0 Å². The highest BCUT2D eigenvalue weighted by Gasteiger charge is 2.32. The molecular formula is C17H15F3N2O4. The zero-order chi connectivity index (χ0) is 19.2. The average molecular weight is 368 g/mol. The second-order valence-electron chi connectivity index (χ2n) is 5.22. The zero-order valence-corrected chi connectivity index (χ0v) is 13.4. The van der Waals surface area contributed by atoms with E-state index < -0.39 is 30.4 Å². The van der Waals surface area contributed by atoms with Gasteiger partial charge in [-0.15, -0.1) is 0 Å². The number of carboxylic acids is 1. The summed E-state index contributed by atoms with van der Waals surface area (Å²) in [7, 11) is 0. The Morgan fingerprint density at radius 3 is 2.42 bits per heavy atom. The number of ether oxygens (including phenoxy) is 1. The van der Waals surface area contributed by atoms with Gasteiger partial charge in [0.1, 0.15) is 11.4 Å². The molecule has 0 aliphatic rings. The van der Waals surface area contributed by atoms with Gasteiger partial charge in [-0.3, -0.25) is 4.79 Å². The van der Waals surface area contributed by atoms with Crippen LogP contribution in [-0.4, -0.2) is 35.1 Å². The number of benzene rings is 1. The summed E-state index contributed by atoms with van der Waals surface area (Å²) >= 11 is 0. The molecule has 0 radical (unpaired) electrons. The van der Waals surface area contributed by atoms with E-state index in [0.29, 0.717) is 11.3 Å². The highest BCUT2D eigenvalue weighted by atomic mass is 19.4. The number of amides is 1. The monoisotopic (exact) mass is 368 g/mol. The van der Waals surface area contributed by atoms with Gasteiger partial charge in [0.25, 0.3) is 5.91 Å². The lowest BCUT2D eigenvalue weighted by molar-refractivity contribution is -0.141. The van der Waals surface area contributed by atoms with Crippen LogP contribution >= 0.6 is 0 Å². The van der Waals surface area contributed by atoms with Crippen molar-refractivity contribution in [3.05, 3.63) is 59.4 Å². The van der Waals surface area contributed by atoms with Gasteiger partial charge in [-0.25, -0.2) is 9.78 Å². The first-order valence-corrected chi connectivity index (χ1v) is 7.51. The number of rotatable bonds is 7. The summed E-state index contributed by atoms with van der Waals surface area (Å²) in [6, 6.07) is 9.41. The Labute approximate surface area is 146 Å². The minimum Gasteiger partial charge on any atom is -0.482 e. The minimum atomic E-state index is -4.51. The van der Waals surface area contributed by atoms with Crippen molar-refractivity contribution in [2.75, 3.05) is 13.2 Å². The lowest BCUT2D eigenvalue weighted by Gasteiger charge is -2.09. The molecule has 0 saturated carbocycles. The van der Waals surface area contributed by atoms with Gasteiger partial charge >= 0.3 is 12.1 Å². The maximum absolute atomic E-state index is 12.6. The summed E-state index contributed by atoms with van der Waals surface area (Å²) < 4.78 is 42.7. The van der Waals surface area contributed by atoms with Crippen LogP contribution in [0.5, 0.6) is 5.75 Å². The molecular weight excluding hydrogens is 353 g/mol. The predicted octanol–water partition coefficient (Wildman–Crippen LogP) is 2.54.